The molecule has 0 spiro atoms. The average Bonchev–Trinajstić information content (AvgIpc) is 2.42. The fraction of sp³-hybridized carbons (Fsp3) is 0.214. The Kier molecular flexibility index (Phi) is 4.19. The van der Waals surface area contributed by atoms with Crippen molar-refractivity contribution < 1.29 is 13.9 Å². The minimum atomic E-state index is -0.965. The first-order valence-corrected chi connectivity index (χ1v) is 5.86. The molecule has 2 atom stereocenters. The van der Waals surface area contributed by atoms with Crippen molar-refractivity contribution in [3.63, 3.8) is 0 Å². The molecule has 3 N–H and O–H groups in total. The molecule has 1 aromatic carbocycles. The van der Waals surface area contributed by atoms with Crippen molar-refractivity contribution in [2.45, 2.75) is 12.0 Å². The lowest BCUT2D eigenvalue weighted by molar-refractivity contribution is 0.145. The van der Waals surface area contributed by atoms with Gasteiger partial charge < -0.3 is 10.8 Å². The maximum Gasteiger partial charge on any atom is 0.129 e. The van der Waals surface area contributed by atoms with Crippen molar-refractivity contribution in [3.8, 4) is 0 Å². The minimum absolute atomic E-state index is 0.0477. The number of nitrogens with two attached hydrogens (primary N) is 1. The summed E-state index contributed by atoms with van der Waals surface area (Å²) in [6, 6.07) is 6.52. The van der Waals surface area contributed by atoms with Crippen LogP contribution in [0.15, 0.2) is 42.7 Å². The van der Waals surface area contributed by atoms with Crippen molar-refractivity contribution in [1.82, 2.24) is 4.98 Å². The van der Waals surface area contributed by atoms with Crippen LogP contribution < -0.4 is 5.73 Å². The largest absolute Gasteiger partial charge is 0.388 e. The highest BCUT2D eigenvalue weighted by atomic mass is 19.1. The predicted molar refractivity (Wildman–Crippen MR) is 67.4 cm³/mol. The Morgan fingerprint density at radius 2 is 1.84 bits per heavy atom. The highest BCUT2D eigenvalue weighted by molar-refractivity contribution is 5.27. The molecule has 5 heteroatoms. The summed E-state index contributed by atoms with van der Waals surface area (Å²) in [5, 5.41) is 10.3. The molecule has 2 rings (SSSR count). The molecule has 19 heavy (non-hydrogen) atoms. The van der Waals surface area contributed by atoms with E-state index in [0.717, 1.165) is 12.1 Å². The Labute approximate surface area is 109 Å². The standard InChI is InChI=1S/C14H14F2N2O/c15-10-1-2-11(13(16)7-10)12(8-17)14(19)9-3-5-18-6-4-9/h1-7,12,14,19H,8,17H2. The van der Waals surface area contributed by atoms with Crippen LogP contribution in [0.5, 0.6) is 0 Å². The van der Waals surface area contributed by atoms with Crippen LogP contribution in [-0.2, 0) is 0 Å². The minimum Gasteiger partial charge on any atom is -0.388 e. The van der Waals surface area contributed by atoms with E-state index in [2.05, 4.69) is 4.98 Å². The SMILES string of the molecule is NCC(c1ccc(F)cc1F)C(O)c1ccncc1. The van der Waals surface area contributed by atoms with Crippen molar-refractivity contribution in [2.24, 2.45) is 5.73 Å². The fourth-order valence-corrected chi connectivity index (χ4v) is 2.02. The molecule has 0 saturated carbocycles. The fourth-order valence-electron chi connectivity index (χ4n) is 2.02. The van der Waals surface area contributed by atoms with Gasteiger partial charge in [-0.1, -0.05) is 6.07 Å². The second kappa shape index (κ2) is 5.86. The van der Waals surface area contributed by atoms with E-state index in [-0.39, 0.29) is 12.1 Å². The number of nitrogens with zero attached hydrogens (tertiary/aromatic N) is 1. The smallest absolute Gasteiger partial charge is 0.129 e. The van der Waals surface area contributed by atoms with E-state index in [1.54, 1.807) is 12.1 Å². The number of aromatic nitrogens is 1. The molecule has 0 radical (unpaired) electrons. The predicted octanol–water partition coefficient (Wildman–Crippen LogP) is 2.14. The molecule has 0 saturated heterocycles. The Balaban J connectivity index is 2.34. The van der Waals surface area contributed by atoms with Gasteiger partial charge in [0.25, 0.3) is 0 Å². The number of aliphatic hydroxyl groups is 1. The molecule has 0 bridgehead atoms. The van der Waals surface area contributed by atoms with E-state index >= 15 is 0 Å². The van der Waals surface area contributed by atoms with Gasteiger partial charge in [0, 0.05) is 30.9 Å². The lowest BCUT2D eigenvalue weighted by atomic mass is 9.89. The number of benzene rings is 1. The first kappa shape index (κ1) is 13.6. The number of aliphatic hydroxyl groups excluding tert-OH is 1. The molecule has 2 aromatic rings. The molecule has 1 aromatic heterocycles. The van der Waals surface area contributed by atoms with E-state index in [1.165, 1.54) is 18.5 Å². The van der Waals surface area contributed by atoms with Gasteiger partial charge in [-0.15, -0.1) is 0 Å². The Hall–Kier alpha value is -1.85. The summed E-state index contributed by atoms with van der Waals surface area (Å²) in [5.74, 6) is -2.00. The highest BCUT2D eigenvalue weighted by Gasteiger charge is 2.24. The summed E-state index contributed by atoms with van der Waals surface area (Å²) < 4.78 is 26.6. The van der Waals surface area contributed by atoms with Gasteiger partial charge in [0.15, 0.2) is 0 Å². The maximum absolute atomic E-state index is 13.7. The lowest BCUT2D eigenvalue weighted by Gasteiger charge is -2.22. The number of hydrogen-bond donors (Lipinski definition) is 2. The molecular weight excluding hydrogens is 250 g/mol. The van der Waals surface area contributed by atoms with Gasteiger partial charge >= 0.3 is 0 Å². The van der Waals surface area contributed by atoms with Gasteiger partial charge in [0.2, 0.25) is 0 Å². The molecule has 0 aliphatic carbocycles. The van der Waals surface area contributed by atoms with Crippen LogP contribution in [0.2, 0.25) is 0 Å². The first-order valence-electron chi connectivity index (χ1n) is 5.86. The summed E-state index contributed by atoms with van der Waals surface area (Å²) in [6.07, 6.45) is 2.10. The molecule has 2 unspecified atom stereocenters. The highest BCUT2D eigenvalue weighted by Crippen LogP contribution is 2.31. The van der Waals surface area contributed by atoms with Crippen molar-refractivity contribution >= 4 is 0 Å². The third-order valence-electron chi connectivity index (χ3n) is 3.04. The van der Waals surface area contributed by atoms with Crippen molar-refractivity contribution in [2.75, 3.05) is 6.54 Å². The van der Waals surface area contributed by atoms with Crippen molar-refractivity contribution in [3.05, 3.63) is 65.5 Å². The second-order valence-corrected chi connectivity index (χ2v) is 4.23. The van der Waals surface area contributed by atoms with Crippen LogP contribution in [0.25, 0.3) is 0 Å². The van der Waals surface area contributed by atoms with E-state index in [0.29, 0.717) is 5.56 Å². The number of halogens is 2. The summed E-state index contributed by atoms with van der Waals surface area (Å²) in [6.45, 7) is 0.0477. The van der Waals surface area contributed by atoms with Gasteiger partial charge in [-0.25, -0.2) is 8.78 Å². The summed E-state index contributed by atoms with van der Waals surface area (Å²) in [7, 11) is 0. The molecule has 3 nitrogen and oxygen atoms in total. The third kappa shape index (κ3) is 2.94. The lowest BCUT2D eigenvalue weighted by Crippen LogP contribution is -2.21. The normalized spacial score (nSPS) is 14.1. The maximum atomic E-state index is 13.7. The number of rotatable bonds is 4. The van der Waals surface area contributed by atoms with Gasteiger partial charge in [-0.2, -0.15) is 0 Å². The molecule has 0 aliphatic heterocycles. The van der Waals surface area contributed by atoms with Crippen LogP contribution in [0.1, 0.15) is 23.1 Å². The second-order valence-electron chi connectivity index (χ2n) is 4.23. The van der Waals surface area contributed by atoms with Gasteiger partial charge in [0.05, 0.1) is 6.10 Å². The summed E-state index contributed by atoms with van der Waals surface area (Å²) in [5.41, 5.74) is 6.41. The zero-order chi connectivity index (χ0) is 13.8. The van der Waals surface area contributed by atoms with Crippen LogP contribution in [-0.4, -0.2) is 16.6 Å². The average molecular weight is 264 g/mol. The first-order chi connectivity index (χ1) is 9.13. The monoisotopic (exact) mass is 264 g/mol. The molecule has 0 aliphatic rings. The van der Waals surface area contributed by atoms with Gasteiger partial charge in [-0.05, 0) is 29.3 Å². The van der Waals surface area contributed by atoms with Crippen LogP contribution in [0, 0.1) is 11.6 Å². The molecule has 0 amide bonds. The van der Waals surface area contributed by atoms with Crippen molar-refractivity contribution in [1.29, 1.82) is 0 Å². The molecule has 0 fully saturated rings. The van der Waals surface area contributed by atoms with Gasteiger partial charge in [-0.3, -0.25) is 4.98 Å². The van der Waals surface area contributed by atoms with Gasteiger partial charge in [0.1, 0.15) is 11.6 Å². The molecule has 100 valence electrons. The van der Waals surface area contributed by atoms with E-state index in [9.17, 15) is 13.9 Å². The van der Waals surface area contributed by atoms with Crippen LogP contribution in [0.3, 0.4) is 0 Å². The number of hydrogen-bond acceptors (Lipinski definition) is 3. The van der Waals surface area contributed by atoms with E-state index < -0.39 is 23.7 Å². The van der Waals surface area contributed by atoms with E-state index in [1.807, 2.05) is 0 Å². The Morgan fingerprint density at radius 3 is 2.42 bits per heavy atom. The third-order valence-corrected chi connectivity index (χ3v) is 3.04. The molecular formula is C14H14F2N2O. The summed E-state index contributed by atoms with van der Waals surface area (Å²) in [4.78, 5) is 3.85. The Bertz CT molecular complexity index is 548. The van der Waals surface area contributed by atoms with Crippen LogP contribution >= 0.6 is 0 Å². The molecule has 1 heterocycles. The summed E-state index contributed by atoms with van der Waals surface area (Å²) >= 11 is 0. The topological polar surface area (TPSA) is 59.1 Å². The Morgan fingerprint density at radius 1 is 1.16 bits per heavy atom. The van der Waals surface area contributed by atoms with Crippen LogP contribution in [0.4, 0.5) is 8.78 Å². The number of pyridine rings is 1. The zero-order valence-electron chi connectivity index (χ0n) is 10.1. The van der Waals surface area contributed by atoms with E-state index in [4.69, 9.17) is 5.73 Å². The zero-order valence-corrected chi connectivity index (χ0v) is 10.1. The quantitative estimate of drug-likeness (QED) is 0.889.